The number of aromatic carboxylic acids is 1. The van der Waals surface area contributed by atoms with Crippen LogP contribution in [-0.2, 0) is 63.2 Å². The maximum atomic E-state index is 13.1. The van der Waals surface area contributed by atoms with Gasteiger partial charge in [0.1, 0.15) is 83.3 Å². The smallest absolute Gasteiger partial charge is 0.341 e. The number of carboxylic acid groups (broad SMARTS) is 1. The maximum Gasteiger partial charge on any atom is 0.341 e. The van der Waals surface area contributed by atoms with E-state index in [0.717, 1.165) is 77.7 Å². The van der Waals surface area contributed by atoms with Crippen LogP contribution in [0.3, 0.4) is 0 Å². The lowest BCUT2D eigenvalue weighted by atomic mass is 10.0. The van der Waals surface area contributed by atoms with Gasteiger partial charge in [-0.2, -0.15) is 0 Å². The molecule has 0 aromatic heterocycles. The van der Waals surface area contributed by atoms with Gasteiger partial charge in [-0.05, 0) is 158 Å². The number of carbonyl (C=O) groups excluding carboxylic acids is 13. The number of carboxylic acids is 1. The Labute approximate surface area is 839 Å². The highest BCUT2D eigenvalue weighted by Gasteiger charge is 2.36. The van der Waals surface area contributed by atoms with Crippen LogP contribution in [-0.4, -0.2) is 191 Å². The lowest BCUT2D eigenvalue weighted by molar-refractivity contribution is 0.0580. The van der Waals surface area contributed by atoms with Crippen molar-refractivity contribution in [2.75, 3.05) is 74.2 Å². The average molecular weight is 2020 g/mol. The molecule has 8 amide bonds. The van der Waals surface area contributed by atoms with E-state index in [4.69, 9.17) is 33.2 Å². The van der Waals surface area contributed by atoms with Gasteiger partial charge in [0.25, 0.3) is 45.9 Å². The number of phenolic OH excluding ortho intramolecular Hbond substituents is 4. The molecule has 0 bridgehead atoms. The SMILES string of the molecule is CNC(=O)c1ccc(C(=O)NCc2ccc(F)cc2)c(O)c1O.CNC(=O)c1ccc(C(=O)NCc2ccc(F)cc2)c(OCc2ccccc2)c1C.COC(=O)c1ccc(C(=O)O)c(C)c1OCc1ccccc1.COC(=O)c1ccc(C(=O)OC)c(O)c1O.COC(=O)c1ccc(C(=O)OC)c(OCc2ccccc2)c1C.Cc1c(C(=O)N2CCSC2=O)ccc(C(=O)N2CCSC2=O)c1OCc1ccccc1. The largest absolute Gasteiger partial charge is 0.504 e. The zero-order valence-corrected chi connectivity index (χ0v) is 81.9. The number of amides is 8. The monoisotopic (exact) mass is 2020 g/mol. The van der Waals surface area contributed by atoms with Gasteiger partial charge in [-0.1, -0.05) is 169 Å². The Hall–Kier alpha value is -17.4. The van der Waals surface area contributed by atoms with Gasteiger partial charge < -0.3 is 89.4 Å². The molecule has 754 valence electrons. The molecule has 2 aliphatic heterocycles. The van der Waals surface area contributed by atoms with Gasteiger partial charge in [-0.25, -0.2) is 37.5 Å². The van der Waals surface area contributed by atoms with Crippen molar-refractivity contribution < 1.29 is 144 Å². The van der Waals surface area contributed by atoms with Crippen molar-refractivity contribution in [1.82, 2.24) is 31.1 Å². The van der Waals surface area contributed by atoms with Gasteiger partial charge in [0.15, 0.2) is 23.0 Å². The minimum absolute atomic E-state index is 0.0933. The molecule has 2 saturated heterocycles. The summed E-state index contributed by atoms with van der Waals surface area (Å²) in [5.41, 5.74) is 8.60. The minimum atomic E-state index is -1.07. The number of halogens is 2. The molecule has 2 aliphatic rings. The zero-order chi connectivity index (χ0) is 106. The molecule has 0 saturated carbocycles. The Balaban J connectivity index is 0.000000196. The number of rotatable bonds is 28. The molecule has 145 heavy (non-hydrogen) atoms. The minimum Gasteiger partial charge on any atom is -0.504 e. The molecule has 12 aromatic carbocycles. The highest BCUT2D eigenvalue weighted by molar-refractivity contribution is 8.14. The number of nitrogens with zero attached hydrogens (tertiary/aromatic N) is 2. The Bertz CT molecular complexity index is 6680. The van der Waals surface area contributed by atoms with Gasteiger partial charge in [-0.15, -0.1) is 0 Å². The van der Waals surface area contributed by atoms with Crippen molar-refractivity contribution in [3.8, 4) is 46.0 Å². The number of ether oxygens (including phenoxy) is 9. The summed E-state index contributed by atoms with van der Waals surface area (Å²) in [6.45, 7) is 8.77. The van der Waals surface area contributed by atoms with E-state index >= 15 is 0 Å². The van der Waals surface area contributed by atoms with Crippen molar-refractivity contribution in [3.05, 3.63) is 377 Å². The Morgan fingerprint density at radius 2 is 0.559 bits per heavy atom. The summed E-state index contributed by atoms with van der Waals surface area (Å²) in [5, 5.41) is 57.5. The van der Waals surface area contributed by atoms with Crippen LogP contribution < -0.4 is 40.2 Å². The van der Waals surface area contributed by atoms with Crippen molar-refractivity contribution in [2.45, 2.75) is 67.2 Å². The zero-order valence-electron chi connectivity index (χ0n) is 80.3. The van der Waals surface area contributed by atoms with Crippen molar-refractivity contribution >= 4 is 105 Å². The lowest BCUT2D eigenvalue weighted by Crippen LogP contribution is -2.33. The van der Waals surface area contributed by atoms with E-state index < -0.39 is 82.4 Å². The Kier molecular flexibility index (Phi) is 41.7. The number of carbonyl (C=O) groups is 14. The molecule has 12 aromatic rings. The second-order valence-corrected chi connectivity index (χ2v) is 33.0. The van der Waals surface area contributed by atoms with Crippen LogP contribution in [0.4, 0.5) is 18.4 Å². The quantitative estimate of drug-likeness (QED) is 0.0125. The van der Waals surface area contributed by atoms with Crippen molar-refractivity contribution in [2.24, 2.45) is 0 Å². The first-order valence-corrected chi connectivity index (χ1v) is 45.9. The highest BCUT2D eigenvalue weighted by atomic mass is 32.2. The predicted molar refractivity (Wildman–Crippen MR) is 531 cm³/mol. The number of imide groups is 2. The van der Waals surface area contributed by atoms with Crippen LogP contribution in [0.15, 0.2) is 243 Å². The molecular formula is C107H102F2N6O28S2. The molecule has 2 fully saturated rings. The van der Waals surface area contributed by atoms with E-state index in [1.54, 1.807) is 59.0 Å². The summed E-state index contributed by atoms with van der Waals surface area (Å²) < 4.78 is 72.4. The fraction of sp³-hybridized carbons (Fsp3) is 0.196. The summed E-state index contributed by atoms with van der Waals surface area (Å²) >= 11 is 2.20. The number of phenols is 4. The average Bonchev–Trinajstić information content (AvgIpc) is 1.77. The summed E-state index contributed by atoms with van der Waals surface area (Å²) in [4.78, 5) is 170. The van der Waals surface area contributed by atoms with E-state index in [-0.39, 0.29) is 129 Å². The fourth-order valence-electron chi connectivity index (χ4n) is 13.9. The third-order valence-corrected chi connectivity index (χ3v) is 23.4. The third kappa shape index (κ3) is 29.8. The van der Waals surface area contributed by atoms with Gasteiger partial charge >= 0.3 is 35.8 Å². The molecular weight excluding hydrogens is 1920 g/mol. The molecule has 38 heteroatoms. The van der Waals surface area contributed by atoms with Crippen LogP contribution >= 0.6 is 23.5 Å². The molecule has 0 atom stereocenters. The number of esters is 5. The van der Waals surface area contributed by atoms with Crippen LogP contribution in [0.5, 0.6) is 46.0 Å². The summed E-state index contributed by atoms with van der Waals surface area (Å²) in [6, 6.07) is 66.3. The number of benzene rings is 12. The van der Waals surface area contributed by atoms with Crippen LogP contribution in [0.1, 0.15) is 180 Å². The topological polar surface area (TPSA) is 478 Å². The van der Waals surface area contributed by atoms with Crippen LogP contribution in [0.2, 0.25) is 0 Å². The number of thioether (sulfide) groups is 2. The Morgan fingerprint density at radius 1 is 0.303 bits per heavy atom. The van der Waals surface area contributed by atoms with Gasteiger partial charge in [0, 0.05) is 85.2 Å². The number of methoxy groups -OCH3 is 5. The summed E-state index contributed by atoms with van der Waals surface area (Å²) in [5.74, 6) is -8.16. The number of aromatic hydroxyl groups is 4. The third-order valence-electron chi connectivity index (χ3n) is 21.7. The molecule has 9 N–H and O–H groups in total. The molecule has 0 unspecified atom stereocenters. The molecule has 14 rings (SSSR count). The number of nitrogens with one attached hydrogen (secondary N) is 4. The molecule has 34 nitrogen and oxygen atoms in total. The second kappa shape index (κ2) is 54.4. The Morgan fingerprint density at radius 3 is 0.917 bits per heavy atom. The van der Waals surface area contributed by atoms with E-state index in [2.05, 4.69) is 30.7 Å². The maximum absolute atomic E-state index is 13.1. The highest BCUT2D eigenvalue weighted by Crippen LogP contribution is 2.39. The first-order valence-electron chi connectivity index (χ1n) is 44.0. The van der Waals surface area contributed by atoms with E-state index in [0.29, 0.717) is 86.2 Å². The second-order valence-electron chi connectivity index (χ2n) is 31.0. The van der Waals surface area contributed by atoms with Crippen LogP contribution in [0, 0.1) is 39.3 Å². The van der Waals surface area contributed by atoms with Gasteiger partial charge in [-0.3, -0.25) is 48.2 Å². The summed E-state index contributed by atoms with van der Waals surface area (Å²) in [7, 11) is 9.06. The van der Waals surface area contributed by atoms with E-state index in [9.17, 15) is 101 Å². The normalized spacial score (nSPS) is 11.4. The first-order chi connectivity index (χ1) is 69.5. The molecule has 0 spiro atoms. The van der Waals surface area contributed by atoms with Crippen molar-refractivity contribution in [1.29, 1.82) is 0 Å². The number of hydrogen-bond acceptors (Lipinski definition) is 29. The number of hydrogen-bond donors (Lipinski definition) is 9. The fourth-order valence-corrected chi connectivity index (χ4v) is 15.5. The summed E-state index contributed by atoms with van der Waals surface area (Å²) in [6.07, 6.45) is 0. The van der Waals surface area contributed by atoms with E-state index in [1.807, 2.05) is 121 Å². The van der Waals surface area contributed by atoms with Gasteiger partial charge in [0.2, 0.25) is 0 Å². The van der Waals surface area contributed by atoms with Crippen molar-refractivity contribution in [3.63, 3.8) is 0 Å². The molecule has 0 radical (unpaired) electrons. The standard InChI is InChI=1S/C24H23FN2O3.C22H20N2O5S2.C18H18O5.C17H16O5.C16H15FN2O4.C10H10O6/c1-16-20(23(28)26-2)12-13-21(22(16)30-15-18-6-4-3-5-7-18)24(29)27-14-17-8-10-19(25)11-9-17;1-14-16(19(25)23-9-11-30-21(23)27)7-8-17(20(26)24-10-12-31-22(24)28)18(14)29-13-15-5-3-2-4-6-15;1-12-14(17(19)21-2)9-10-15(18(20)22-3)16(12)23-11-13-7-5-4-6-8-13;1-11-13(16(18)19)8-9-14(17(20)21-2)15(11)22-10-12-6-4-3-5-7-12;1-18-15(22)11-6-7-12(14(21)13(11)20)16(23)19-8-9-2-4-10(17)5-3-9;1-15-9(13)5-3-4-6(10(14)16-2)8(12)7(5)11/h3-13H,14-15H2,1-2H3,(H,26,28)(H,27,29);2-8H,9-13H2,1H3;4-10H,11H2,1-3H3;3-9H,10H2,1-2H3,(H,18,19);2-7,20-21H,8H2,1H3,(H,18,22)(H,19,23);3-4,11-12H,1-2H3. The van der Waals surface area contributed by atoms with Crippen LogP contribution in [0.25, 0.3) is 0 Å². The predicted octanol–water partition coefficient (Wildman–Crippen LogP) is 16.6. The molecule has 2 heterocycles. The molecule has 0 aliphatic carbocycles. The van der Waals surface area contributed by atoms with Gasteiger partial charge in [0.05, 0.1) is 68.9 Å². The first kappa shape index (κ1) is 111. The lowest BCUT2D eigenvalue weighted by Gasteiger charge is -2.21. The van der Waals surface area contributed by atoms with E-state index in [1.165, 1.54) is 123 Å².